The summed E-state index contributed by atoms with van der Waals surface area (Å²) in [5, 5.41) is 0. The van der Waals surface area contributed by atoms with Gasteiger partial charge < -0.3 is 9.64 Å². The Labute approximate surface area is 137 Å². The Balaban J connectivity index is 1.62. The molecular weight excluding hydrogens is 286 g/mol. The van der Waals surface area contributed by atoms with E-state index in [4.69, 9.17) is 4.74 Å². The van der Waals surface area contributed by atoms with Crippen LogP contribution in [-0.2, 0) is 5.41 Å². The molecule has 0 unspecified atom stereocenters. The maximum atomic E-state index is 12.3. The molecule has 0 atom stereocenters. The predicted octanol–water partition coefficient (Wildman–Crippen LogP) is 3.89. The van der Waals surface area contributed by atoms with Crippen LogP contribution in [0.4, 0.5) is 0 Å². The molecule has 1 amide bonds. The van der Waals surface area contributed by atoms with Crippen molar-refractivity contribution in [3.8, 4) is 5.75 Å². The summed E-state index contributed by atoms with van der Waals surface area (Å²) >= 11 is 0. The molecule has 3 rings (SSSR count). The molecule has 0 N–H and O–H groups in total. The molecule has 1 saturated heterocycles. The minimum absolute atomic E-state index is 0.0416. The van der Waals surface area contributed by atoms with Gasteiger partial charge in [0, 0.05) is 5.56 Å². The third kappa shape index (κ3) is 3.39. The molecule has 3 heteroatoms. The molecule has 120 valence electrons. The monoisotopic (exact) mass is 309 g/mol. The molecule has 1 fully saturated rings. The number of amides is 1. The third-order valence-electron chi connectivity index (χ3n) is 4.14. The summed E-state index contributed by atoms with van der Waals surface area (Å²) in [5.41, 5.74) is 1.98. The van der Waals surface area contributed by atoms with Gasteiger partial charge in [-0.15, -0.1) is 0 Å². The van der Waals surface area contributed by atoms with Crippen LogP contribution in [0.3, 0.4) is 0 Å². The highest BCUT2D eigenvalue weighted by Crippen LogP contribution is 2.32. The smallest absolute Gasteiger partial charge is 0.254 e. The lowest BCUT2D eigenvalue weighted by molar-refractivity contribution is 0.0171. The molecule has 1 aliphatic heterocycles. The highest BCUT2D eigenvalue weighted by Gasteiger charge is 2.33. The van der Waals surface area contributed by atoms with E-state index in [9.17, 15) is 4.79 Å². The average molecular weight is 309 g/mol. The lowest BCUT2D eigenvalue weighted by Crippen LogP contribution is -2.56. The van der Waals surface area contributed by atoms with Crippen LogP contribution in [0.15, 0.2) is 54.6 Å². The number of likely N-dealkylation sites (tertiary alicyclic amines) is 1. The van der Waals surface area contributed by atoms with Crippen molar-refractivity contribution in [3.05, 3.63) is 65.7 Å². The summed E-state index contributed by atoms with van der Waals surface area (Å²) in [4.78, 5) is 14.2. The van der Waals surface area contributed by atoms with Crippen LogP contribution < -0.4 is 4.74 Å². The van der Waals surface area contributed by atoms with E-state index in [1.807, 2.05) is 53.4 Å². The first-order chi connectivity index (χ1) is 10.9. The van der Waals surface area contributed by atoms with E-state index in [-0.39, 0.29) is 17.4 Å². The lowest BCUT2D eigenvalue weighted by Gasteiger charge is -2.39. The quantitative estimate of drug-likeness (QED) is 0.861. The molecule has 0 saturated carbocycles. The van der Waals surface area contributed by atoms with Gasteiger partial charge in [-0.2, -0.15) is 0 Å². The second-order valence-corrected chi connectivity index (χ2v) is 7.06. The predicted molar refractivity (Wildman–Crippen MR) is 91.9 cm³/mol. The Hall–Kier alpha value is -2.29. The van der Waals surface area contributed by atoms with Crippen molar-refractivity contribution in [1.82, 2.24) is 4.90 Å². The number of benzene rings is 2. The standard InChI is InChI=1S/C20H23NO2/c1-20(2,3)17-11-7-8-12-18(17)23-16-13-21(14-16)19(22)15-9-5-4-6-10-15/h4-12,16H,13-14H2,1-3H3. The molecule has 2 aromatic rings. The topological polar surface area (TPSA) is 29.5 Å². The molecule has 3 nitrogen and oxygen atoms in total. The van der Waals surface area contributed by atoms with Crippen LogP contribution in [0, 0.1) is 0 Å². The lowest BCUT2D eigenvalue weighted by atomic mass is 9.86. The molecule has 1 heterocycles. The minimum Gasteiger partial charge on any atom is -0.486 e. The molecule has 1 aliphatic rings. The van der Waals surface area contributed by atoms with Crippen LogP contribution in [0.2, 0.25) is 0 Å². The van der Waals surface area contributed by atoms with E-state index in [0.29, 0.717) is 13.1 Å². The number of rotatable bonds is 3. The van der Waals surface area contributed by atoms with Gasteiger partial charge in [0.1, 0.15) is 11.9 Å². The fourth-order valence-corrected chi connectivity index (χ4v) is 2.81. The number of carbonyl (C=O) groups excluding carboxylic acids is 1. The Morgan fingerprint density at radius 2 is 1.61 bits per heavy atom. The van der Waals surface area contributed by atoms with Crippen LogP contribution in [-0.4, -0.2) is 30.0 Å². The summed E-state index contributed by atoms with van der Waals surface area (Å²) in [5.74, 6) is 1.01. The molecule has 0 bridgehead atoms. The van der Waals surface area contributed by atoms with E-state index in [2.05, 4.69) is 26.8 Å². The normalized spacial score (nSPS) is 15.2. The average Bonchev–Trinajstić information content (AvgIpc) is 2.50. The van der Waals surface area contributed by atoms with Gasteiger partial charge in [0.25, 0.3) is 5.91 Å². The van der Waals surface area contributed by atoms with E-state index < -0.39 is 0 Å². The number of ether oxygens (including phenoxy) is 1. The molecule has 0 aromatic heterocycles. The Kier molecular flexibility index (Phi) is 4.12. The first-order valence-corrected chi connectivity index (χ1v) is 8.05. The van der Waals surface area contributed by atoms with Crippen LogP contribution in [0.25, 0.3) is 0 Å². The van der Waals surface area contributed by atoms with Crippen molar-refractivity contribution in [2.75, 3.05) is 13.1 Å². The highest BCUT2D eigenvalue weighted by molar-refractivity contribution is 5.94. The Bertz CT molecular complexity index is 682. The zero-order valence-corrected chi connectivity index (χ0v) is 14.0. The van der Waals surface area contributed by atoms with E-state index >= 15 is 0 Å². The van der Waals surface area contributed by atoms with Crippen LogP contribution >= 0.6 is 0 Å². The number of hydrogen-bond donors (Lipinski definition) is 0. The first-order valence-electron chi connectivity index (χ1n) is 8.05. The van der Waals surface area contributed by atoms with Gasteiger partial charge in [-0.05, 0) is 29.2 Å². The number of carbonyl (C=O) groups is 1. The maximum Gasteiger partial charge on any atom is 0.254 e. The summed E-state index contributed by atoms with van der Waals surface area (Å²) in [6.45, 7) is 7.84. The Morgan fingerprint density at radius 3 is 2.26 bits per heavy atom. The summed E-state index contributed by atoms with van der Waals surface area (Å²) in [7, 11) is 0. The van der Waals surface area contributed by atoms with Crippen molar-refractivity contribution >= 4 is 5.91 Å². The SMILES string of the molecule is CC(C)(C)c1ccccc1OC1CN(C(=O)c2ccccc2)C1. The fraction of sp³-hybridized carbons (Fsp3) is 0.350. The first kappa shape index (κ1) is 15.6. The van der Waals surface area contributed by atoms with Gasteiger partial charge in [-0.1, -0.05) is 57.2 Å². The second-order valence-electron chi connectivity index (χ2n) is 7.06. The summed E-state index contributed by atoms with van der Waals surface area (Å²) in [6.07, 6.45) is 0.0752. The van der Waals surface area contributed by atoms with Gasteiger partial charge in [-0.25, -0.2) is 0 Å². The van der Waals surface area contributed by atoms with Crippen LogP contribution in [0.5, 0.6) is 5.75 Å². The molecule has 0 radical (unpaired) electrons. The number of hydrogen-bond acceptors (Lipinski definition) is 2. The zero-order valence-electron chi connectivity index (χ0n) is 14.0. The zero-order chi connectivity index (χ0) is 16.4. The second kappa shape index (κ2) is 6.07. The van der Waals surface area contributed by atoms with Crippen molar-refractivity contribution in [3.63, 3.8) is 0 Å². The van der Waals surface area contributed by atoms with Gasteiger partial charge in [0.2, 0.25) is 0 Å². The Morgan fingerprint density at radius 1 is 1.00 bits per heavy atom. The molecule has 0 aliphatic carbocycles. The maximum absolute atomic E-state index is 12.3. The van der Waals surface area contributed by atoms with Gasteiger partial charge in [0.15, 0.2) is 0 Å². The van der Waals surface area contributed by atoms with Gasteiger partial charge >= 0.3 is 0 Å². The van der Waals surface area contributed by atoms with Crippen molar-refractivity contribution in [1.29, 1.82) is 0 Å². The van der Waals surface area contributed by atoms with Gasteiger partial charge in [-0.3, -0.25) is 4.79 Å². The van der Waals surface area contributed by atoms with E-state index in [1.165, 1.54) is 5.56 Å². The third-order valence-corrected chi connectivity index (χ3v) is 4.14. The number of nitrogens with zero attached hydrogens (tertiary/aromatic N) is 1. The van der Waals surface area contributed by atoms with Gasteiger partial charge in [0.05, 0.1) is 13.1 Å². The molecule has 2 aromatic carbocycles. The van der Waals surface area contributed by atoms with E-state index in [1.54, 1.807) is 0 Å². The van der Waals surface area contributed by atoms with E-state index in [0.717, 1.165) is 11.3 Å². The minimum atomic E-state index is 0.0416. The van der Waals surface area contributed by atoms with Crippen molar-refractivity contribution in [2.24, 2.45) is 0 Å². The summed E-state index contributed by atoms with van der Waals surface area (Å²) < 4.78 is 6.13. The molecular formula is C20H23NO2. The largest absolute Gasteiger partial charge is 0.486 e. The highest BCUT2D eigenvalue weighted by atomic mass is 16.5. The van der Waals surface area contributed by atoms with Crippen molar-refractivity contribution in [2.45, 2.75) is 32.3 Å². The number of para-hydroxylation sites is 1. The fourth-order valence-electron chi connectivity index (χ4n) is 2.81. The molecule has 0 spiro atoms. The molecule has 23 heavy (non-hydrogen) atoms. The summed E-state index contributed by atoms with van der Waals surface area (Å²) in [6, 6.07) is 17.6. The van der Waals surface area contributed by atoms with Crippen molar-refractivity contribution < 1.29 is 9.53 Å². The van der Waals surface area contributed by atoms with Crippen LogP contribution in [0.1, 0.15) is 36.7 Å².